The van der Waals surface area contributed by atoms with Crippen molar-refractivity contribution in [2.75, 3.05) is 19.6 Å². The summed E-state index contributed by atoms with van der Waals surface area (Å²) < 4.78 is 0. The van der Waals surface area contributed by atoms with Gasteiger partial charge < -0.3 is 15.7 Å². The van der Waals surface area contributed by atoms with Gasteiger partial charge in [-0.05, 0) is 32.2 Å². The maximum atomic E-state index is 12.1. The Morgan fingerprint density at radius 1 is 1.50 bits per heavy atom. The van der Waals surface area contributed by atoms with E-state index in [-0.39, 0.29) is 17.2 Å². The summed E-state index contributed by atoms with van der Waals surface area (Å²) in [5, 5.41) is 14.9. The standard InChI is InChI=1S/C13H24N2O3/c1-3-13(6-8-14-9-13)12(18)15-7-4-5-10(2)11(16)17/h10,14H,3-9H2,1-2H3,(H,15,18)(H,16,17). The van der Waals surface area contributed by atoms with Gasteiger partial charge in [-0.1, -0.05) is 13.8 Å². The molecule has 0 bridgehead atoms. The van der Waals surface area contributed by atoms with Gasteiger partial charge in [-0.3, -0.25) is 9.59 Å². The number of carboxylic acids is 1. The molecule has 104 valence electrons. The zero-order valence-electron chi connectivity index (χ0n) is 11.3. The highest BCUT2D eigenvalue weighted by atomic mass is 16.4. The third-order valence-corrected chi connectivity index (χ3v) is 3.92. The number of carbonyl (C=O) groups excluding carboxylic acids is 1. The summed E-state index contributed by atoms with van der Waals surface area (Å²) in [6.45, 7) is 5.95. The van der Waals surface area contributed by atoms with E-state index in [1.165, 1.54) is 0 Å². The van der Waals surface area contributed by atoms with Gasteiger partial charge in [0.15, 0.2) is 0 Å². The number of carboxylic acid groups (broad SMARTS) is 1. The Kier molecular flexibility index (Phi) is 5.59. The third-order valence-electron chi connectivity index (χ3n) is 3.92. The second-order valence-corrected chi connectivity index (χ2v) is 5.20. The molecule has 0 saturated carbocycles. The molecule has 0 aromatic rings. The van der Waals surface area contributed by atoms with Crippen LogP contribution in [0.3, 0.4) is 0 Å². The van der Waals surface area contributed by atoms with Gasteiger partial charge in [0.1, 0.15) is 0 Å². The molecule has 0 aliphatic carbocycles. The van der Waals surface area contributed by atoms with Crippen molar-refractivity contribution >= 4 is 11.9 Å². The van der Waals surface area contributed by atoms with E-state index in [1.807, 2.05) is 6.92 Å². The van der Waals surface area contributed by atoms with Gasteiger partial charge in [0.25, 0.3) is 0 Å². The van der Waals surface area contributed by atoms with Crippen molar-refractivity contribution in [3.05, 3.63) is 0 Å². The molecular formula is C13H24N2O3. The van der Waals surface area contributed by atoms with Crippen LogP contribution < -0.4 is 10.6 Å². The molecule has 0 aromatic heterocycles. The topological polar surface area (TPSA) is 78.4 Å². The lowest BCUT2D eigenvalue weighted by Crippen LogP contribution is -2.42. The first-order valence-electron chi connectivity index (χ1n) is 6.73. The van der Waals surface area contributed by atoms with Crippen molar-refractivity contribution in [3.8, 4) is 0 Å². The Bertz CT molecular complexity index is 299. The van der Waals surface area contributed by atoms with E-state index in [4.69, 9.17) is 5.11 Å². The van der Waals surface area contributed by atoms with Crippen LogP contribution in [0.15, 0.2) is 0 Å². The van der Waals surface area contributed by atoms with E-state index in [1.54, 1.807) is 6.92 Å². The van der Waals surface area contributed by atoms with Gasteiger partial charge >= 0.3 is 5.97 Å². The number of rotatable bonds is 7. The Balaban J connectivity index is 2.26. The molecule has 2 atom stereocenters. The molecule has 1 aliphatic rings. The number of nitrogens with one attached hydrogen (secondary N) is 2. The van der Waals surface area contributed by atoms with Crippen molar-refractivity contribution in [2.24, 2.45) is 11.3 Å². The Labute approximate surface area is 108 Å². The average molecular weight is 256 g/mol. The quantitative estimate of drug-likeness (QED) is 0.594. The minimum atomic E-state index is -0.772. The van der Waals surface area contributed by atoms with Crippen LogP contribution in [0.1, 0.15) is 39.5 Å². The minimum Gasteiger partial charge on any atom is -0.481 e. The average Bonchev–Trinajstić information content (AvgIpc) is 2.83. The van der Waals surface area contributed by atoms with Crippen molar-refractivity contribution in [3.63, 3.8) is 0 Å². The second-order valence-electron chi connectivity index (χ2n) is 5.20. The summed E-state index contributed by atoms with van der Waals surface area (Å²) >= 11 is 0. The van der Waals surface area contributed by atoms with Crippen LogP contribution in [0, 0.1) is 11.3 Å². The first kappa shape index (κ1) is 15.0. The van der Waals surface area contributed by atoms with Crippen molar-refractivity contribution in [1.29, 1.82) is 0 Å². The molecule has 0 spiro atoms. The molecule has 1 amide bonds. The normalized spacial score (nSPS) is 24.8. The van der Waals surface area contributed by atoms with Crippen LogP contribution in [0.5, 0.6) is 0 Å². The highest BCUT2D eigenvalue weighted by molar-refractivity contribution is 5.83. The van der Waals surface area contributed by atoms with Crippen molar-refractivity contribution in [2.45, 2.75) is 39.5 Å². The van der Waals surface area contributed by atoms with Crippen molar-refractivity contribution in [1.82, 2.24) is 10.6 Å². The molecule has 2 unspecified atom stereocenters. The highest BCUT2D eigenvalue weighted by Crippen LogP contribution is 2.29. The maximum absolute atomic E-state index is 12.1. The molecule has 5 nitrogen and oxygen atoms in total. The molecule has 5 heteroatoms. The van der Waals surface area contributed by atoms with Crippen LogP contribution in [0.2, 0.25) is 0 Å². The Morgan fingerprint density at radius 2 is 2.22 bits per heavy atom. The van der Waals surface area contributed by atoms with E-state index < -0.39 is 5.97 Å². The van der Waals surface area contributed by atoms with Crippen LogP contribution >= 0.6 is 0 Å². The summed E-state index contributed by atoms with van der Waals surface area (Å²) in [7, 11) is 0. The molecule has 1 aliphatic heterocycles. The number of aliphatic carboxylic acids is 1. The molecule has 3 N–H and O–H groups in total. The predicted molar refractivity (Wildman–Crippen MR) is 69.3 cm³/mol. The lowest BCUT2D eigenvalue weighted by atomic mass is 9.83. The summed E-state index contributed by atoms with van der Waals surface area (Å²) in [6, 6.07) is 0. The molecule has 1 rings (SSSR count). The molecule has 0 aromatic carbocycles. The molecule has 18 heavy (non-hydrogen) atoms. The molecule has 0 radical (unpaired) electrons. The summed E-state index contributed by atoms with van der Waals surface area (Å²) in [6.07, 6.45) is 3.05. The highest BCUT2D eigenvalue weighted by Gasteiger charge is 2.38. The van der Waals surface area contributed by atoms with E-state index in [0.29, 0.717) is 19.4 Å². The summed E-state index contributed by atoms with van der Waals surface area (Å²) in [5.41, 5.74) is -0.252. The lowest BCUT2D eigenvalue weighted by Gasteiger charge is -2.25. The maximum Gasteiger partial charge on any atom is 0.306 e. The lowest BCUT2D eigenvalue weighted by molar-refractivity contribution is -0.141. The fourth-order valence-electron chi connectivity index (χ4n) is 2.32. The Hall–Kier alpha value is -1.10. The van der Waals surface area contributed by atoms with Crippen LogP contribution in [-0.2, 0) is 9.59 Å². The van der Waals surface area contributed by atoms with Gasteiger partial charge in [0, 0.05) is 13.1 Å². The number of hydrogen-bond acceptors (Lipinski definition) is 3. The monoisotopic (exact) mass is 256 g/mol. The minimum absolute atomic E-state index is 0.109. The van der Waals surface area contributed by atoms with Crippen LogP contribution in [-0.4, -0.2) is 36.6 Å². The fourth-order valence-corrected chi connectivity index (χ4v) is 2.32. The molecule has 1 saturated heterocycles. The van der Waals surface area contributed by atoms with Gasteiger partial charge in [-0.2, -0.15) is 0 Å². The largest absolute Gasteiger partial charge is 0.481 e. The van der Waals surface area contributed by atoms with Gasteiger partial charge in [-0.25, -0.2) is 0 Å². The van der Waals surface area contributed by atoms with Gasteiger partial charge in [0.05, 0.1) is 11.3 Å². The van der Waals surface area contributed by atoms with E-state index in [0.717, 1.165) is 25.9 Å². The molecule has 1 fully saturated rings. The second kappa shape index (κ2) is 6.73. The summed E-state index contributed by atoms with van der Waals surface area (Å²) in [5.74, 6) is -1.00. The van der Waals surface area contributed by atoms with Crippen LogP contribution in [0.25, 0.3) is 0 Å². The Morgan fingerprint density at radius 3 is 2.72 bits per heavy atom. The zero-order chi connectivity index (χ0) is 13.6. The van der Waals surface area contributed by atoms with E-state index in [2.05, 4.69) is 10.6 Å². The van der Waals surface area contributed by atoms with E-state index in [9.17, 15) is 9.59 Å². The zero-order valence-corrected chi connectivity index (χ0v) is 11.3. The van der Waals surface area contributed by atoms with Crippen LogP contribution in [0.4, 0.5) is 0 Å². The van der Waals surface area contributed by atoms with Gasteiger partial charge in [-0.15, -0.1) is 0 Å². The SMILES string of the molecule is CCC1(C(=O)NCCCC(C)C(=O)O)CCNC1. The summed E-state index contributed by atoms with van der Waals surface area (Å²) in [4.78, 5) is 22.7. The van der Waals surface area contributed by atoms with Gasteiger partial charge in [0.2, 0.25) is 5.91 Å². The third kappa shape index (κ3) is 3.70. The number of carbonyl (C=O) groups is 2. The first-order chi connectivity index (χ1) is 8.52. The smallest absolute Gasteiger partial charge is 0.306 e. The number of amides is 1. The molecule has 1 heterocycles. The van der Waals surface area contributed by atoms with E-state index >= 15 is 0 Å². The van der Waals surface area contributed by atoms with Crippen molar-refractivity contribution < 1.29 is 14.7 Å². The number of hydrogen-bond donors (Lipinski definition) is 3. The fraction of sp³-hybridized carbons (Fsp3) is 0.846. The first-order valence-corrected chi connectivity index (χ1v) is 6.73. The predicted octanol–water partition coefficient (Wildman–Crippen LogP) is 0.993. The molecular weight excluding hydrogens is 232 g/mol.